The smallest absolute Gasteiger partial charge is 0.0739 e. The molecule has 1 fully saturated rings. The van der Waals surface area contributed by atoms with E-state index in [0.29, 0.717) is 6.04 Å². The monoisotopic (exact) mass is 342 g/mol. The SMILES string of the molecule is Cc1nn(C)c(CN2CCCC2CNC(C)(C)C)c1Br. The third-order valence-corrected chi connectivity index (χ3v) is 5.01. The zero-order valence-electron chi connectivity index (χ0n) is 13.3. The van der Waals surface area contributed by atoms with Crippen LogP contribution in [0, 0.1) is 6.92 Å². The fourth-order valence-electron chi connectivity index (χ4n) is 2.80. The van der Waals surface area contributed by atoms with E-state index in [1.54, 1.807) is 0 Å². The Morgan fingerprint density at radius 2 is 2.10 bits per heavy atom. The lowest BCUT2D eigenvalue weighted by Gasteiger charge is -2.29. The average Bonchev–Trinajstić information content (AvgIpc) is 2.87. The third kappa shape index (κ3) is 3.83. The van der Waals surface area contributed by atoms with E-state index >= 15 is 0 Å². The largest absolute Gasteiger partial charge is 0.311 e. The number of aromatic nitrogens is 2. The molecule has 0 bridgehead atoms. The van der Waals surface area contributed by atoms with Gasteiger partial charge in [-0.15, -0.1) is 0 Å². The van der Waals surface area contributed by atoms with Crippen LogP contribution >= 0.6 is 15.9 Å². The second-order valence-corrected chi connectivity index (χ2v) is 7.66. The molecule has 1 aliphatic heterocycles. The zero-order chi connectivity index (χ0) is 14.9. The first-order chi connectivity index (χ1) is 9.28. The van der Waals surface area contributed by atoms with E-state index in [4.69, 9.17) is 0 Å². The molecule has 1 aromatic heterocycles. The van der Waals surface area contributed by atoms with Gasteiger partial charge in [0.05, 0.1) is 15.9 Å². The number of hydrogen-bond donors (Lipinski definition) is 1. The summed E-state index contributed by atoms with van der Waals surface area (Å²) in [7, 11) is 2.03. The maximum atomic E-state index is 4.49. The molecular weight excluding hydrogens is 316 g/mol. The minimum absolute atomic E-state index is 0.192. The van der Waals surface area contributed by atoms with Gasteiger partial charge in [0, 0.05) is 31.7 Å². The van der Waals surface area contributed by atoms with E-state index in [0.717, 1.165) is 23.3 Å². The second kappa shape index (κ2) is 6.16. The molecule has 1 unspecified atom stereocenters. The van der Waals surface area contributed by atoms with Gasteiger partial charge in [-0.05, 0) is 63.0 Å². The zero-order valence-corrected chi connectivity index (χ0v) is 14.9. The number of likely N-dealkylation sites (tertiary alicyclic amines) is 1. The number of aryl methyl sites for hydroxylation is 2. The number of rotatable bonds is 4. The van der Waals surface area contributed by atoms with Crippen molar-refractivity contribution in [3.05, 3.63) is 15.9 Å². The van der Waals surface area contributed by atoms with E-state index in [1.807, 2.05) is 11.7 Å². The second-order valence-electron chi connectivity index (χ2n) is 6.87. The van der Waals surface area contributed by atoms with Crippen LogP contribution in [-0.2, 0) is 13.6 Å². The summed E-state index contributed by atoms with van der Waals surface area (Å²) in [5.41, 5.74) is 2.55. The topological polar surface area (TPSA) is 33.1 Å². The highest BCUT2D eigenvalue weighted by Gasteiger charge is 2.27. The Hall–Kier alpha value is -0.390. The van der Waals surface area contributed by atoms with Crippen molar-refractivity contribution in [2.45, 2.75) is 58.7 Å². The molecule has 1 N–H and O–H groups in total. The molecule has 0 spiro atoms. The molecule has 1 saturated heterocycles. The van der Waals surface area contributed by atoms with Crippen LogP contribution in [0.5, 0.6) is 0 Å². The van der Waals surface area contributed by atoms with E-state index in [9.17, 15) is 0 Å². The van der Waals surface area contributed by atoms with Crippen LogP contribution in [0.15, 0.2) is 4.47 Å². The van der Waals surface area contributed by atoms with Crippen molar-refractivity contribution in [3.63, 3.8) is 0 Å². The van der Waals surface area contributed by atoms with Crippen LogP contribution in [0.3, 0.4) is 0 Å². The van der Waals surface area contributed by atoms with Crippen LogP contribution in [0.25, 0.3) is 0 Å². The van der Waals surface area contributed by atoms with Gasteiger partial charge in [-0.3, -0.25) is 9.58 Å². The Morgan fingerprint density at radius 1 is 1.40 bits per heavy atom. The van der Waals surface area contributed by atoms with Gasteiger partial charge >= 0.3 is 0 Å². The minimum atomic E-state index is 0.192. The minimum Gasteiger partial charge on any atom is -0.311 e. The van der Waals surface area contributed by atoms with Gasteiger partial charge < -0.3 is 5.32 Å². The summed E-state index contributed by atoms with van der Waals surface area (Å²) in [6, 6.07) is 0.635. The quantitative estimate of drug-likeness (QED) is 0.913. The maximum absolute atomic E-state index is 4.49. The van der Waals surface area contributed by atoms with Crippen molar-refractivity contribution in [3.8, 4) is 0 Å². The van der Waals surface area contributed by atoms with Crippen LogP contribution in [-0.4, -0.2) is 39.4 Å². The van der Waals surface area contributed by atoms with E-state index in [1.165, 1.54) is 25.1 Å². The van der Waals surface area contributed by atoms with Gasteiger partial charge in [0.1, 0.15) is 0 Å². The molecule has 4 nitrogen and oxygen atoms in total. The summed E-state index contributed by atoms with van der Waals surface area (Å²) in [6.45, 7) is 12.0. The van der Waals surface area contributed by atoms with Gasteiger partial charge in [-0.2, -0.15) is 5.10 Å². The molecule has 0 amide bonds. The molecule has 1 aliphatic rings. The van der Waals surface area contributed by atoms with Crippen LogP contribution in [0.4, 0.5) is 0 Å². The Kier molecular flexibility index (Phi) is 4.92. The molecule has 114 valence electrons. The Morgan fingerprint density at radius 3 is 2.65 bits per heavy atom. The summed E-state index contributed by atoms with van der Waals surface area (Å²) in [6.07, 6.45) is 2.59. The normalized spacial score (nSPS) is 20.8. The van der Waals surface area contributed by atoms with Crippen molar-refractivity contribution in [1.29, 1.82) is 0 Å². The lowest BCUT2D eigenvalue weighted by molar-refractivity contribution is 0.220. The van der Waals surface area contributed by atoms with Gasteiger partial charge in [0.25, 0.3) is 0 Å². The number of nitrogens with one attached hydrogen (secondary N) is 1. The van der Waals surface area contributed by atoms with Crippen molar-refractivity contribution < 1.29 is 0 Å². The molecule has 0 saturated carbocycles. The van der Waals surface area contributed by atoms with Crippen LogP contribution in [0.2, 0.25) is 0 Å². The lowest BCUT2D eigenvalue weighted by atomic mass is 10.1. The van der Waals surface area contributed by atoms with Crippen molar-refractivity contribution >= 4 is 15.9 Å². The average molecular weight is 343 g/mol. The summed E-state index contributed by atoms with van der Waals surface area (Å²) in [4.78, 5) is 2.58. The molecule has 2 heterocycles. The molecular formula is C15H27BrN4. The third-order valence-electron chi connectivity index (χ3n) is 3.98. The summed E-state index contributed by atoms with van der Waals surface area (Å²) in [5.74, 6) is 0. The fraction of sp³-hybridized carbons (Fsp3) is 0.800. The molecule has 0 radical (unpaired) electrons. The Labute approximate surface area is 131 Å². The van der Waals surface area contributed by atoms with E-state index in [2.05, 4.69) is 58.9 Å². The first-order valence-electron chi connectivity index (χ1n) is 7.45. The molecule has 0 aliphatic carbocycles. The first kappa shape index (κ1) is 16.0. The van der Waals surface area contributed by atoms with Crippen LogP contribution < -0.4 is 5.32 Å². The van der Waals surface area contributed by atoms with Gasteiger partial charge in [0.15, 0.2) is 0 Å². The first-order valence-corrected chi connectivity index (χ1v) is 8.24. The number of nitrogens with zero attached hydrogens (tertiary/aromatic N) is 3. The van der Waals surface area contributed by atoms with Crippen molar-refractivity contribution in [1.82, 2.24) is 20.0 Å². The molecule has 20 heavy (non-hydrogen) atoms. The number of halogens is 1. The molecule has 5 heteroatoms. The van der Waals surface area contributed by atoms with Gasteiger partial charge in [-0.25, -0.2) is 0 Å². The highest BCUT2D eigenvalue weighted by atomic mass is 79.9. The van der Waals surface area contributed by atoms with Crippen molar-refractivity contribution in [2.24, 2.45) is 7.05 Å². The maximum Gasteiger partial charge on any atom is 0.0739 e. The lowest BCUT2D eigenvalue weighted by Crippen LogP contribution is -2.45. The highest BCUT2D eigenvalue weighted by Crippen LogP contribution is 2.25. The van der Waals surface area contributed by atoms with E-state index < -0.39 is 0 Å². The Balaban J connectivity index is 2.01. The predicted octanol–water partition coefficient (Wildman–Crippen LogP) is 2.84. The van der Waals surface area contributed by atoms with Crippen molar-refractivity contribution in [2.75, 3.05) is 13.1 Å². The Bertz CT molecular complexity index is 461. The molecule has 2 rings (SSSR count). The highest BCUT2D eigenvalue weighted by molar-refractivity contribution is 9.10. The van der Waals surface area contributed by atoms with Gasteiger partial charge in [-0.1, -0.05) is 0 Å². The van der Waals surface area contributed by atoms with Gasteiger partial charge in [0.2, 0.25) is 0 Å². The van der Waals surface area contributed by atoms with E-state index in [-0.39, 0.29) is 5.54 Å². The molecule has 1 aromatic rings. The summed E-state index contributed by atoms with van der Waals surface area (Å²) >= 11 is 3.67. The summed E-state index contributed by atoms with van der Waals surface area (Å²) in [5, 5.41) is 8.13. The summed E-state index contributed by atoms with van der Waals surface area (Å²) < 4.78 is 3.17. The fourth-order valence-corrected chi connectivity index (χ4v) is 3.26. The predicted molar refractivity (Wildman–Crippen MR) is 86.8 cm³/mol. The van der Waals surface area contributed by atoms with Crippen LogP contribution in [0.1, 0.15) is 45.0 Å². The standard InChI is InChI=1S/C15H27BrN4/c1-11-14(16)13(19(5)18-11)10-20-8-6-7-12(20)9-17-15(2,3)4/h12,17H,6-10H2,1-5H3. The number of hydrogen-bond acceptors (Lipinski definition) is 3. The molecule has 0 aromatic carbocycles. The molecule has 1 atom stereocenters.